The molecule has 8 nitrogen and oxygen atoms in total. The molecule has 1 amide bonds. The molecule has 1 N–H and O–H groups in total. The van der Waals surface area contributed by atoms with Crippen LogP contribution in [0.25, 0.3) is 5.82 Å². The maximum Gasteiger partial charge on any atom is 0.225 e. The molecule has 3 aromatic rings. The van der Waals surface area contributed by atoms with Crippen molar-refractivity contribution in [2.24, 2.45) is 5.92 Å². The van der Waals surface area contributed by atoms with Crippen LogP contribution < -0.4 is 10.2 Å². The van der Waals surface area contributed by atoms with E-state index >= 15 is 0 Å². The van der Waals surface area contributed by atoms with Gasteiger partial charge in [0.05, 0.1) is 18.2 Å². The Morgan fingerprint density at radius 3 is 2.78 bits per heavy atom. The zero-order chi connectivity index (χ0) is 18.5. The van der Waals surface area contributed by atoms with Gasteiger partial charge in [-0.25, -0.2) is 4.98 Å². The lowest BCUT2D eigenvalue weighted by atomic mass is 9.97. The number of rotatable bonds is 5. The Labute approximate surface area is 157 Å². The van der Waals surface area contributed by atoms with Gasteiger partial charge in [0.25, 0.3) is 0 Å². The van der Waals surface area contributed by atoms with Gasteiger partial charge in [0, 0.05) is 31.7 Å². The fourth-order valence-corrected chi connectivity index (χ4v) is 3.24. The second kappa shape index (κ2) is 7.94. The molecule has 4 rings (SSSR count). The molecule has 1 aliphatic heterocycles. The minimum absolute atomic E-state index is 0.0578. The predicted molar refractivity (Wildman–Crippen MR) is 100 cm³/mol. The number of pyridine rings is 1. The summed E-state index contributed by atoms with van der Waals surface area (Å²) in [5.41, 5.74) is 0.861. The van der Waals surface area contributed by atoms with Crippen molar-refractivity contribution in [2.45, 2.75) is 19.4 Å². The molecule has 0 aliphatic carbocycles. The summed E-state index contributed by atoms with van der Waals surface area (Å²) >= 11 is 0. The number of hydrogen-bond acceptors (Lipinski definition) is 6. The van der Waals surface area contributed by atoms with Gasteiger partial charge in [0.2, 0.25) is 5.91 Å². The van der Waals surface area contributed by atoms with Crippen LogP contribution in [-0.2, 0) is 11.3 Å². The van der Waals surface area contributed by atoms with Gasteiger partial charge in [-0.05, 0) is 37.1 Å². The normalized spacial score (nSPS) is 16.9. The number of amides is 1. The van der Waals surface area contributed by atoms with E-state index in [2.05, 4.69) is 30.4 Å². The molecule has 0 bridgehead atoms. The Morgan fingerprint density at radius 2 is 2.04 bits per heavy atom. The number of anilines is 1. The number of carbonyl (C=O) groups excluding carboxylic acids is 1. The highest BCUT2D eigenvalue weighted by Crippen LogP contribution is 2.22. The molecule has 1 saturated heterocycles. The van der Waals surface area contributed by atoms with Crippen molar-refractivity contribution in [2.75, 3.05) is 18.0 Å². The lowest BCUT2D eigenvalue weighted by molar-refractivity contribution is -0.125. The number of carbonyl (C=O) groups is 1. The van der Waals surface area contributed by atoms with E-state index in [4.69, 9.17) is 0 Å². The Bertz CT molecular complexity index is 865. The highest BCUT2D eigenvalue weighted by atomic mass is 16.1. The molecule has 1 aliphatic rings. The smallest absolute Gasteiger partial charge is 0.225 e. The van der Waals surface area contributed by atoms with E-state index in [9.17, 15) is 4.79 Å². The topological polar surface area (TPSA) is 88.8 Å². The first-order valence-electron chi connectivity index (χ1n) is 9.04. The quantitative estimate of drug-likeness (QED) is 0.741. The Hall–Kier alpha value is -3.29. The van der Waals surface area contributed by atoms with Crippen molar-refractivity contribution >= 4 is 11.7 Å². The molecule has 1 atom stereocenters. The van der Waals surface area contributed by atoms with Crippen molar-refractivity contribution in [1.82, 2.24) is 30.0 Å². The molecule has 27 heavy (non-hydrogen) atoms. The number of nitrogens with zero attached hydrogens (tertiary/aromatic N) is 6. The summed E-state index contributed by atoms with van der Waals surface area (Å²) < 4.78 is 1.81. The van der Waals surface area contributed by atoms with Gasteiger partial charge < -0.3 is 10.2 Å². The van der Waals surface area contributed by atoms with Crippen LogP contribution in [0.1, 0.15) is 18.5 Å². The Balaban J connectivity index is 1.36. The number of aromatic nitrogens is 5. The second-order valence-electron chi connectivity index (χ2n) is 6.54. The number of imidazole rings is 1. The molecule has 1 unspecified atom stereocenters. The van der Waals surface area contributed by atoms with Crippen LogP contribution in [0.5, 0.6) is 0 Å². The summed E-state index contributed by atoms with van der Waals surface area (Å²) in [4.78, 5) is 22.9. The highest BCUT2D eigenvalue weighted by molar-refractivity contribution is 5.79. The third-order valence-corrected chi connectivity index (χ3v) is 4.69. The van der Waals surface area contributed by atoms with Crippen molar-refractivity contribution < 1.29 is 4.79 Å². The van der Waals surface area contributed by atoms with E-state index in [-0.39, 0.29) is 11.8 Å². The first-order chi connectivity index (χ1) is 13.3. The molecule has 4 heterocycles. The summed E-state index contributed by atoms with van der Waals surface area (Å²) in [5, 5.41) is 11.6. The lowest BCUT2D eigenvalue weighted by Gasteiger charge is -2.32. The van der Waals surface area contributed by atoms with Crippen molar-refractivity contribution in [1.29, 1.82) is 0 Å². The molecule has 1 fully saturated rings. The molecule has 8 heteroatoms. The molecule has 0 saturated carbocycles. The first kappa shape index (κ1) is 17.1. The molecular weight excluding hydrogens is 342 g/mol. The molecule has 3 aromatic heterocycles. The lowest BCUT2D eigenvalue weighted by Crippen LogP contribution is -2.43. The van der Waals surface area contributed by atoms with E-state index in [1.807, 2.05) is 36.5 Å². The summed E-state index contributed by atoms with van der Waals surface area (Å²) in [6.07, 6.45) is 8.78. The van der Waals surface area contributed by atoms with Crippen LogP contribution in [0.4, 0.5) is 5.82 Å². The van der Waals surface area contributed by atoms with Crippen LogP contribution in [0.3, 0.4) is 0 Å². The summed E-state index contributed by atoms with van der Waals surface area (Å²) in [7, 11) is 0. The van der Waals surface area contributed by atoms with E-state index in [1.54, 1.807) is 23.3 Å². The summed E-state index contributed by atoms with van der Waals surface area (Å²) in [5.74, 6) is 1.52. The molecule has 0 radical (unpaired) electrons. The second-order valence-corrected chi connectivity index (χ2v) is 6.54. The van der Waals surface area contributed by atoms with Gasteiger partial charge >= 0.3 is 0 Å². The number of nitrogens with one attached hydrogen (secondary N) is 1. The van der Waals surface area contributed by atoms with E-state index in [0.29, 0.717) is 13.1 Å². The van der Waals surface area contributed by atoms with Crippen LogP contribution in [0, 0.1) is 5.92 Å². The maximum absolute atomic E-state index is 12.5. The minimum atomic E-state index is -0.0578. The third kappa shape index (κ3) is 4.11. The average Bonchev–Trinajstić information content (AvgIpc) is 3.28. The zero-order valence-electron chi connectivity index (χ0n) is 14.9. The van der Waals surface area contributed by atoms with Crippen LogP contribution in [-0.4, -0.2) is 43.7 Å². The van der Waals surface area contributed by atoms with Gasteiger partial charge in [-0.2, -0.15) is 0 Å². The largest absolute Gasteiger partial charge is 0.354 e. The third-order valence-electron chi connectivity index (χ3n) is 4.69. The highest BCUT2D eigenvalue weighted by Gasteiger charge is 2.26. The van der Waals surface area contributed by atoms with Gasteiger partial charge in [0.15, 0.2) is 11.6 Å². The average molecular weight is 363 g/mol. The number of hydrogen-bond donors (Lipinski definition) is 1. The van der Waals surface area contributed by atoms with E-state index in [0.717, 1.165) is 36.7 Å². The minimum Gasteiger partial charge on any atom is -0.354 e. The molecular formula is C19H21N7O. The molecule has 0 spiro atoms. The molecule has 0 aromatic carbocycles. The summed E-state index contributed by atoms with van der Waals surface area (Å²) in [6.45, 7) is 1.98. The van der Waals surface area contributed by atoms with E-state index in [1.165, 1.54) is 0 Å². The fourth-order valence-electron chi connectivity index (χ4n) is 3.24. The monoisotopic (exact) mass is 363 g/mol. The van der Waals surface area contributed by atoms with Crippen LogP contribution >= 0.6 is 0 Å². The van der Waals surface area contributed by atoms with Crippen molar-refractivity contribution in [3.8, 4) is 5.82 Å². The van der Waals surface area contributed by atoms with Gasteiger partial charge in [0.1, 0.15) is 6.33 Å². The number of piperidine rings is 1. The van der Waals surface area contributed by atoms with E-state index < -0.39 is 0 Å². The van der Waals surface area contributed by atoms with Gasteiger partial charge in [-0.3, -0.25) is 14.3 Å². The zero-order valence-corrected chi connectivity index (χ0v) is 14.9. The molecule has 138 valence electrons. The Morgan fingerprint density at radius 1 is 1.15 bits per heavy atom. The fraction of sp³-hybridized carbons (Fsp3) is 0.316. The van der Waals surface area contributed by atoms with Crippen molar-refractivity contribution in [3.63, 3.8) is 0 Å². The van der Waals surface area contributed by atoms with Crippen molar-refractivity contribution in [3.05, 3.63) is 60.9 Å². The van der Waals surface area contributed by atoms with Gasteiger partial charge in [-0.15, -0.1) is 10.2 Å². The Kier molecular flexibility index (Phi) is 5.04. The van der Waals surface area contributed by atoms with Gasteiger partial charge in [-0.1, -0.05) is 6.07 Å². The SMILES string of the molecule is O=C(NCc1ccccn1)C1CCCN(c2ccc(-n3ccnc3)nn2)C1. The first-order valence-corrected chi connectivity index (χ1v) is 9.04. The maximum atomic E-state index is 12.5. The summed E-state index contributed by atoms with van der Waals surface area (Å²) in [6, 6.07) is 9.54. The predicted octanol–water partition coefficient (Wildman–Crippen LogP) is 1.59. The van der Waals surface area contributed by atoms with Crippen LogP contribution in [0.15, 0.2) is 55.2 Å². The standard InChI is InChI=1S/C19H21N7O/c27-19(22-12-16-5-1-2-8-21-16)15-4-3-10-25(13-15)17-6-7-18(24-23-17)26-11-9-20-14-26/h1-2,5-9,11,14-15H,3-4,10,12-13H2,(H,22,27). The van der Waals surface area contributed by atoms with Crippen LogP contribution in [0.2, 0.25) is 0 Å².